The van der Waals surface area contributed by atoms with Crippen LogP contribution in [0.1, 0.15) is 33.1 Å². The first-order valence-corrected chi connectivity index (χ1v) is 7.21. The molecule has 2 nitrogen and oxygen atoms in total. The molecule has 3 rings (SSSR count). The van der Waals surface area contributed by atoms with Crippen molar-refractivity contribution in [3.05, 3.63) is 0 Å². The lowest BCUT2D eigenvalue weighted by atomic mass is 9.43. The monoisotopic (exact) mass is 230 g/mol. The number of rotatable bonds is 3. The minimum absolute atomic E-state index is 0.229. The number of thioether (sulfide) groups is 1. The standard InChI is InChI=1S/C12H22O2S/c1-11(2)8-6-9(11)12(14,4-5-15-3)10(13)7-8/h8-10,13-14H,4-7H2,1-3H3/t8-,9-,10+,12-/m1/s1. The van der Waals surface area contributed by atoms with Gasteiger partial charge in [-0.15, -0.1) is 0 Å². The van der Waals surface area contributed by atoms with Crippen molar-refractivity contribution in [3.63, 3.8) is 0 Å². The van der Waals surface area contributed by atoms with E-state index >= 15 is 0 Å². The van der Waals surface area contributed by atoms with Crippen molar-refractivity contribution < 1.29 is 10.2 Å². The minimum Gasteiger partial charge on any atom is -0.390 e. The normalized spacial score (nSPS) is 47.4. The Labute approximate surface area is 96.5 Å². The van der Waals surface area contributed by atoms with Gasteiger partial charge in [0.15, 0.2) is 0 Å². The highest BCUT2D eigenvalue weighted by Crippen LogP contribution is 2.63. The fraction of sp³-hybridized carbons (Fsp3) is 1.00. The summed E-state index contributed by atoms with van der Waals surface area (Å²) in [6.07, 6.45) is 4.17. The average Bonchev–Trinajstić information content (AvgIpc) is 2.18. The maximum atomic E-state index is 10.6. The molecule has 0 aromatic carbocycles. The van der Waals surface area contributed by atoms with E-state index in [-0.39, 0.29) is 5.41 Å². The number of hydrogen-bond donors (Lipinski definition) is 2. The third-order valence-corrected chi connectivity index (χ3v) is 5.48. The van der Waals surface area contributed by atoms with E-state index in [1.807, 2.05) is 6.26 Å². The van der Waals surface area contributed by atoms with Crippen molar-refractivity contribution in [1.82, 2.24) is 0 Å². The summed E-state index contributed by atoms with van der Waals surface area (Å²) in [6.45, 7) is 4.48. The van der Waals surface area contributed by atoms with E-state index in [2.05, 4.69) is 13.8 Å². The van der Waals surface area contributed by atoms with Gasteiger partial charge in [-0.25, -0.2) is 0 Å². The van der Waals surface area contributed by atoms with Gasteiger partial charge in [0.1, 0.15) is 0 Å². The molecule has 0 aromatic heterocycles. The number of hydrogen-bond acceptors (Lipinski definition) is 3. The molecule has 2 N–H and O–H groups in total. The molecule has 0 amide bonds. The van der Waals surface area contributed by atoms with Gasteiger partial charge in [-0.2, -0.15) is 11.8 Å². The van der Waals surface area contributed by atoms with Crippen molar-refractivity contribution in [1.29, 1.82) is 0 Å². The Morgan fingerprint density at radius 3 is 2.53 bits per heavy atom. The molecule has 3 aliphatic rings. The van der Waals surface area contributed by atoms with E-state index in [4.69, 9.17) is 0 Å². The summed E-state index contributed by atoms with van der Waals surface area (Å²) in [5, 5.41) is 20.7. The molecule has 3 aliphatic carbocycles. The molecule has 0 aromatic rings. The fourth-order valence-corrected chi connectivity index (χ4v) is 4.11. The smallest absolute Gasteiger partial charge is 0.0946 e. The van der Waals surface area contributed by atoms with Gasteiger partial charge in [-0.05, 0) is 48.5 Å². The lowest BCUT2D eigenvalue weighted by molar-refractivity contribution is -0.253. The Morgan fingerprint density at radius 2 is 2.00 bits per heavy atom. The maximum absolute atomic E-state index is 10.6. The summed E-state index contributed by atoms with van der Waals surface area (Å²) in [5.41, 5.74) is -0.590. The summed E-state index contributed by atoms with van der Waals surface area (Å²) >= 11 is 1.74. The molecule has 0 spiro atoms. The second kappa shape index (κ2) is 3.64. The van der Waals surface area contributed by atoms with Gasteiger partial charge in [-0.3, -0.25) is 0 Å². The van der Waals surface area contributed by atoms with Crippen LogP contribution >= 0.6 is 11.8 Å². The summed E-state index contributed by atoms with van der Waals surface area (Å²) in [4.78, 5) is 0. The first kappa shape index (κ1) is 11.7. The van der Waals surface area contributed by atoms with E-state index in [0.717, 1.165) is 25.0 Å². The predicted octanol–water partition coefficient (Wildman–Crippen LogP) is 1.90. The van der Waals surface area contributed by atoms with Gasteiger partial charge < -0.3 is 10.2 Å². The van der Waals surface area contributed by atoms with E-state index in [9.17, 15) is 10.2 Å². The topological polar surface area (TPSA) is 40.5 Å². The summed E-state index contributed by atoms with van der Waals surface area (Å²) < 4.78 is 0. The molecule has 3 fully saturated rings. The van der Waals surface area contributed by atoms with Gasteiger partial charge in [0, 0.05) is 0 Å². The Balaban J connectivity index is 2.14. The third kappa shape index (κ3) is 1.55. The van der Waals surface area contributed by atoms with Crippen LogP contribution in [0.25, 0.3) is 0 Å². The molecule has 15 heavy (non-hydrogen) atoms. The molecule has 0 aliphatic heterocycles. The summed E-state index contributed by atoms with van der Waals surface area (Å²) in [6, 6.07) is 0. The van der Waals surface area contributed by atoms with Crippen molar-refractivity contribution in [2.24, 2.45) is 17.3 Å². The van der Waals surface area contributed by atoms with Crippen molar-refractivity contribution in [2.45, 2.75) is 44.8 Å². The minimum atomic E-state index is -0.818. The molecule has 0 saturated heterocycles. The van der Waals surface area contributed by atoms with Crippen molar-refractivity contribution in [2.75, 3.05) is 12.0 Å². The molecule has 3 saturated carbocycles. The largest absolute Gasteiger partial charge is 0.390 e. The summed E-state index contributed by atoms with van der Waals surface area (Å²) in [7, 11) is 0. The van der Waals surface area contributed by atoms with E-state index in [1.54, 1.807) is 11.8 Å². The van der Waals surface area contributed by atoms with Crippen LogP contribution in [-0.4, -0.2) is 33.9 Å². The van der Waals surface area contributed by atoms with E-state index in [0.29, 0.717) is 11.8 Å². The van der Waals surface area contributed by atoms with Gasteiger partial charge in [-0.1, -0.05) is 13.8 Å². The van der Waals surface area contributed by atoms with Gasteiger partial charge in [0.05, 0.1) is 11.7 Å². The van der Waals surface area contributed by atoms with Crippen molar-refractivity contribution >= 4 is 11.8 Å². The molecular formula is C12H22O2S. The third-order valence-electron chi connectivity index (χ3n) is 4.87. The highest BCUT2D eigenvalue weighted by atomic mass is 32.2. The Kier molecular flexibility index (Phi) is 2.85. The number of aliphatic hydroxyl groups excluding tert-OH is 1. The Hall–Kier alpha value is 0.270. The molecule has 3 heteroatoms. The van der Waals surface area contributed by atoms with Crippen LogP contribution in [-0.2, 0) is 0 Å². The molecule has 0 unspecified atom stereocenters. The highest BCUT2D eigenvalue weighted by Gasteiger charge is 2.63. The van der Waals surface area contributed by atoms with Crippen LogP contribution in [0.15, 0.2) is 0 Å². The maximum Gasteiger partial charge on any atom is 0.0946 e. The average molecular weight is 230 g/mol. The van der Waals surface area contributed by atoms with E-state index < -0.39 is 11.7 Å². The molecule has 88 valence electrons. The van der Waals surface area contributed by atoms with Crippen LogP contribution in [0.5, 0.6) is 0 Å². The predicted molar refractivity (Wildman–Crippen MR) is 64.0 cm³/mol. The van der Waals surface area contributed by atoms with Gasteiger partial charge in [0.2, 0.25) is 0 Å². The van der Waals surface area contributed by atoms with Crippen LogP contribution in [0.4, 0.5) is 0 Å². The van der Waals surface area contributed by atoms with Crippen LogP contribution in [0.2, 0.25) is 0 Å². The molecule has 4 atom stereocenters. The van der Waals surface area contributed by atoms with Crippen LogP contribution in [0.3, 0.4) is 0 Å². The van der Waals surface area contributed by atoms with Crippen molar-refractivity contribution in [3.8, 4) is 0 Å². The zero-order chi connectivity index (χ0) is 11.3. The second-order valence-corrected chi connectivity index (χ2v) is 6.78. The quantitative estimate of drug-likeness (QED) is 0.778. The molecule has 0 heterocycles. The number of fused-ring (bicyclic) bond motifs is 2. The van der Waals surface area contributed by atoms with Crippen LogP contribution in [0, 0.1) is 17.3 Å². The molecule has 2 bridgehead atoms. The first-order valence-electron chi connectivity index (χ1n) is 5.82. The fourth-order valence-electron chi connectivity index (χ4n) is 3.58. The van der Waals surface area contributed by atoms with Gasteiger partial charge in [0.25, 0.3) is 0 Å². The van der Waals surface area contributed by atoms with E-state index in [1.165, 1.54) is 0 Å². The van der Waals surface area contributed by atoms with Crippen LogP contribution < -0.4 is 0 Å². The van der Waals surface area contributed by atoms with Gasteiger partial charge >= 0.3 is 0 Å². The SMILES string of the molecule is CSCC[C@@]1(O)[C@@H]2C[C@H](C[C@@H]1O)C2(C)C. The lowest BCUT2D eigenvalue weighted by Crippen LogP contribution is -2.67. The lowest BCUT2D eigenvalue weighted by Gasteiger charge is -2.65. The molecular weight excluding hydrogens is 208 g/mol. The Morgan fingerprint density at radius 1 is 1.33 bits per heavy atom. The zero-order valence-electron chi connectivity index (χ0n) is 9.86. The summed E-state index contributed by atoms with van der Waals surface area (Å²) in [5.74, 6) is 1.85. The first-order chi connectivity index (χ1) is 6.93. The zero-order valence-corrected chi connectivity index (χ0v) is 10.7. The second-order valence-electron chi connectivity index (χ2n) is 5.79. The highest BCUT2D eigenvalue weighted by molar-refractivity contribution is 7.98. The molecule has 0 radical (unpaired) electrons. The Bertz CT molecular complexity index is 254. The number of aliphatic hydroxyl groups is 2.